The fraction of sp³-hybridized carbons (Fsp3) is 0.769. The molecule has 0 spiro atoms. The quantitative estimate of drug-likeness (QED) is 0.748. The zero-order chi connectivity index (χ0) is 13.5. The summed E-state index contributed by atoms with van der Waals surface area (Å²) >= 11 is 3.66. The molecule has 0 unspecified atom stereocenters. The van der Waals surface area contributed by atoms with Crippen LogP contribution in [0.4, 0.5) is 0 Å². The summed E-state index contributed by atoms with van der Waals surface area (Å²) < 4.78 is 3.25. The maximum atomic E-state index is 4.54. The lowest BCUT2D eigenvalue weighted by molar-refractivity contribution is 0.270. The van der Waals surface area contributed by atoms with E-state index in [-0.39, 0.29) is 0 Å². The van der Waals surface area contributed by atoms with Gasteiger partial charge in [-0.25, -0.2) is 0 Å². The molecule has 1 aromatic heterocycles. The SMILES string of the molecule is CCNCCN(CC)Cc1c(Br)c(C)nn1CC. The molecule has 0 aliphatic carbocycles. The van der Waals surface area contributed by atoms with Gasteiger partial charge in [-0.3, -0.25) is 9.58 Å². The molecule has 0 radical (unpaired) electrons. The average molecular weight is 317 g/mol. The van der Waals surface area contributed by atoms with Gasteiger partial charge in [0.05, 0.1) is 15.9 Å². The van der Waals surface area contributed by atoms with Crippen LogP contribution in [0.3, 0.4) is 0 Å². The molecule has 1 aromatic rings. The van der Waals surface area contributed by atoms with E-state index >= 15 is 0 Å². The first-order chi connectivity index (χ1) is 8.63. The molecule has 5 heteroatoms. The van der Waals surface area contributed by atoms with Crippen LogP contribution in [-0.4, -0.2) is 40.9 Å². The van der Waals surface area contributed by atoms with Gasteiger partial charge in [0.2, 0.25) is 0 Å². The molecule has 0 saturated heterocycles. The number of likely N-dealkylation sites (N-methyl/N-ethyl adjacent to an activating group) is 2. The van der Waals surface area contributed by atoms with Crippen molar-refractivity contribution in [3.8, 4) is 0 Å². The first-order valence-electron chi connectivity index (χ1n) is 6.78. The first-order valence-corrected chi connectivity index (χ1v) is 7.58. The summed E-state index contributed by atoms with van der Waals surface area (Å²) in [5, 5.41) is 7.91. The van der Waals surface area contributed by atoms with Crippen molar-refractivity contribution in [1.29, 1.82) is 0 Å². The highest BCUT2D eigenvalue weighted by atomic mass is 79.9. The summed E-state index contributed by atoms with van der Waals surface area (Å²) in [4.78, 5) is 2.44. The molecule has 0 atom stereocenters. The van der Waals surface area contributed by atoms with Gasteiger partial charge >= 0.3 is 0 Å². The maximum Gasteiger partial charge on any atom is 0.0739 e. The van der Waals surface area contributed by atoms with Gasteiger partial charge in [0.15, 0.2) is 0 Å². The van der Waals surface area contributed by atoms with Crippen LogP contribution in [-0.2, 0) is 13.1 Å². The molecule has 0 aliphatic rings. The number of halogens is 1. The van der Waals surface area contributed by atoms with Crippen molar-refractivity contribution in [3.05, 3.63) is 15.9 Å². The molecule has 0 bridgehead atoms. The lowest BCUT2D eigenvalue weighted by Crippen LogP contribution is -2.32. The van der Waals surface area contributed by atoms with E-state index in [1.54, 1.807) is 0 Å². The van der Waals surface area contributed by atoms with E-state index in [0.29, 0.717) is 0 Å². The van der Waals surface area contributed by atoms with Crippen molar-refractivity contribution in [2.75, 3.05) is 26.2 Å². The smallest absolute Gasteiger partial charge is 0.0739 e. The topological polar surface area (TPSA) is 33.1 Å². The third-order valence-corrected chi connectivity index (χ3v) is 4.16. The minimum absolute atomic E-state index is 0.923. The van der Waals surface area contributed by atoms with Gasteiger partial charge in [-0.1, -0.05) is 13.8 Å². The fourth-order valence-corrected chi connectivity index (χ4v) is 2.40. The van der Waals surface area contributed by atoms with Crippen LogP contribution in [0.15, 0.2) is 4.47 Å². The normalized spacial score (nSPS) is 11.4. The summed E-state index contributed by atoms with van der Waals surface area (Å²) in [6, 6.07) is 0. The van der Waals surface area contributed by atoms with Crippen molar-refractivity contribution in [1.82, 2.24) is 20.0 Å². The Morgan fingerprint density at radius 2 is 2.06 bits per heavy atom. The zero-order valence-electron chi connectivity index (χ0n) is 12.0. The molecule has 0 fully saturated rings. The van der Waals surface area contributed by atoms with Gasteiger partial charge in [-0.05, 0) is 42.9 Å². The zero-order valence-corrected chi connectivity index (χ0v) is 13.5. The largest absolute Gasteiger partial charge is 0.316 e. The number of nitrogens with one attached hydrogen (secondary N) is 1. The van der Waals surface area contributed by atoms with Gasteiger partial charge in [0.25, 0.3) is 0 Å². The molecule has 18 heavy (non-hydrogen) atoms. The van der Waals surface area contributed by atoms with Crippen molar-refractivity contribution in [3.63, 3.8) is 0 Å². The number of hydrogen-bond acceptors (Lipinski definition) is 3. The first kappa shape index (κ1) is 15.7. The maximum absolute atomic E-state index is 4.54. The Kier molecular flexibility index (Phi) is 6.89. The van der Waals surface area contributed by atoms with E-state index in [1.807, 2.05) is 0 Å². The Labute approximate surface area is 119 Å². The molecule has 1 N–H and O–H groups in total. The van der Waals surface area contributed by atoms with Crippen LogP contribution < -0.4 is 5.32 Å². The molecular formula is C13H25BrN4. The number of hydrogen-bond donors (Lipinski definition) is 1. The summed E-state index contributed by atoms with van der Waals surface area (Å²) in [5.41, 5.74) is 2.36. The third-order valence-electron chi connectivity index (χ3n) is 3.13. The van der Waals surface area contributed by atoms with Crippen LogP contribution in [0, 0.1) is 6.92 Å². The predicted octanol–water partition coefficient (Wildman–Crippen LogP) is 2.41. The molecule has 0 amide bonds. The minimum Gasteiger partial charge on any atom is -0.316 e. The summed E-state index contributed by atoms with van der Waals surface area (Å²) in [6.45, 7) is 14.6. The van der Waals surface area contributed by atoms with Gasteiger partial charge < -0.3 is 5.32 Å². The fourth-order valence-electron chi connectivity index (χ4n) is 1.99. The summed E-state index contributed by atoms with van der Waals surface area (Å²) in [7, 11) is 0. The van der Waals surface area contributed by atoms with E-state index in [2.05, 4.69) is 63.6 Å². The molecular weight excluding hydrogens is 292 g/mol. The molecule has 1 rings (SSSR count). The van der Waals surface area contributed by atoms with Gasteiger partial charge in [-0.15, -0.1) is 0 Å². The van der Waals surface area contributed by atoms with Crippen LogP contribution in [0.25, 0.3) is 0 Å². The summed E-state index contributed by atoms with van der Waals surface area (Å²) in [6.07, 6.45) is 0. The van der Waals surface area contributed by atoms with E-state index < -0.39 is 0 Å². The standard InChI is InChI=1S/C13H25BrN4/c1-5-15-8-9-17(6-2)10-12-13(14)11(4)16-18(12)7-3/h15H,5-10H2,1-4H3. The second-order valence-corrected chi connectivity index (χ2v) is 5.18. The highest BCUT2D eigenvalue weighted by molar-refractivity contribution is 9.10. The number of rotatable bonds is 8. The van der Waals surface area contributed by atoms with Crippen molar-refractivity contribution in [2.45, 2.75) is 40.8 Å². The summed E-state index contributed by atoms with van der Waals surface area (Å²) in [5.74, 6) is 0. The Bertz CT molecular complexity index is 362. The van der Waals surface area contributed by atoms with E-state index in [0.717, 1.165) is 49.4 Å². The predicted molar refractivity (Wildman–Crippen MR) is 79.8 cm³/mol. The van der Waals surface area contributed by atoms with Gasteiger partial charge in [0.1, 0.15) is 0 Å². The molecule has 1 heterocycles. The Morgan fingerprint density at radius 1 is 1.33 bits per heavy atom. The Morgan fingerprint density at radius 3 is 2.61 bits per heavy atom. The third kappa shape index (κ3) is 4.07. The molecule has 104 valence electrons. The van der Waals surface area contributed by atoms with Crippen molar-refractivity contribution < 1.29 is 0 Å². The van der Waals surface area contributed by atoms with Crippen LogP contribution in [0.1, 0.15) is 32.2 Å². The number of nitrogens with zero attached hydrogens (tertiary/aromatic N) is 3. The monoisotopic (exact) mass is 316 g/mol. The Hall–Kier alpha value is -0.390. The second-order valence-electron chi connectivity index (χ2n) is 4.38. The Balaban J connectivity index is 2.68. The molecule has 4 nitrogen and oxygen atoms in total. The second kappa shape index (κ2) is 7.92. The lowest BCUT2D eigenvalue weighted by atomic mass is 10.3. The molecule has 0 aromatic carbocycles. The van der Waals surface area contributed by atoms with Gasteiger partial charge in [0, 0.05) is 26.2 Å². The number of aromatic nitrogens is 2. The van der Waals surface area contributed by atoms with Crippen LogP contribution in [0.5, 0.6) is 0 Å². The lowest BCUT2D eigenvalue weighted by Gasteiger charge is -2.21. The highest BCUT2D eigenvalue weighted by Crippen LogP contribution is 2.22. The number of aryl methyl sites for hydroxylation is 2. The van der Waals surface area contributed by atoms with Crippen LogP contribution in [0.2, 0.25) is 0 Å². The van der Waals surface area contributed by atoms with Crippen molar-refractivity contribution >= 4 is 15.9 Å². The average Bonchev–Trinajstić information content (AvgIpc) is 2.65. The van der Waals surface area contributed by atoms with Crippen LogP contribution >= 0.6 is 15.9 Å². The minimum atomic E-state index is 0.923. The molecule has 0 saturated carbocycles. The van der Waals surface area contributed by atoms with E-state index in [1.165, 1.54) is 5.69 Å². The molecule has 0 aliphatic heterocycles. The van der Waals surface area contributed by atoms with Gasteiger partial charge in [-0.2, -0.15) is 5.10 Å². The van der Waals surface area contributed by atoms with Crippen molar-refractivity contribution in [2.24, 2.45) is 0 Å². The van der Waals surface area contributed by atoms with E-state index in [9.17, 15) is 0 Å². The highest BCUT2D eigenvalue weighted by Gasteiger charge is 2.14. The van der Waals surface area contributed by atoms with E-state index in [4.69, 9.17) is 0 Å².